The van der Waals surface area contributed by atoms with Gasteiger partial charge in [0.05, 0.1) is 11.9 Å². The molecule has 7 heteroatoms. The summed E-state index contributed by atoms with van der Waals surface area (Å²) < 4.78 is 0. The molecule has 1 aliphatic heterocycles. The zero-order chi connectivity index (χ0) is 29.1. The van der Waals surface area contributed by atoms with Gasteiger partial charge in [0.25, 0.3) is 0 Å². The van der Waals surface area contributed by atoms with Crippen LogP contribution in [0.1, 0.15) is 44.7 Å². The van der Waals surface area contributed by atoms with E-state index in [2.05, 4.69) is 11.1 Å². The predicted octanol–water partition coefficient (Wildman–Crippen LogP) is 4.89. The van der Waals surface area contributed by atoms with Crippen LogP contribution in [0, 0.1) is 5.92 Å². The first-order valence-corrected chi connectivity index (χ1v) is 14.4. The molecule has 0 saturated carbocycles. The second kappa shape index (κ2) is 12.1. The van der Waals surface area contributed by atoms with Crippen LogP contribution in [0.3, 0.4) is 0 Å². The summed E-state index contributed by atoms with van der Waals surface area (Å²) in [6.07, 6.45) is 3.34. The lowest BCUT2D eigenvalue weighted by molar-refractivity contribution is -0.148. The van der Waals surface area contributed by atoms with Gasteiger partial charge in [0.2, 0.25) is 17.7 Å². The lowest BCUT2D eigenvalue weighted by Crippen LogP contribution is -2.56. The number of pyridine rings is 1. The highest BCUT2D eigenvalue weighted by Gasteiger charge is 2.42. The third kappa shape index (κ3) is 6.24. The van der Waals surface area contributed by atoms with Crippen molar-refractivity contribution >= 4 is 39.4 Å². The van der Waals surface area contributed by atoms with E-state index in [0.717, 1.165) is 32.8 Å². The maximum Gasteiger partial charge on any atom is 0.246 e. The second-order valence-corrected chi connectivity index (χ2v) is 11.6. The topological polar surface area (TPSA) is 96.6 Å². The minimum atomic E-state index is -0.798. The van der Waals surface area contributed by atoms with Gasteiger partial charge in [-0.2, -0.15) is 0 Å². The quantitative estimate of drug-likeness (QED) is 0.338. The number of fused-ring (bicyclic) bond motifs is 2. The van der Waals surface area contributed by atoms with E-state index in [1.54, 1.807) is 16.0 Å². The highest BCUT2D eigenvalue weighted by molar-refractivity contribution is 5.93. The van der Waals surface area contributed by atoms with Crippen LogP contribution >= 0.6 is 0 Å². The Morgan fingerprint density at radius 3 is 2.41 bits per heavy atom. The van der Waals surface area contributed by atoms with E-state index in [0.29, 0.717) is 25.8 Å². The largest absolute Gasteiger partial charge is 0.368 e. The summed E-state index contributed by atoms with van der Waals surface area (Å²) in [6, 6.07) is 22.2. The highest BCUT2D eigenvalue weighted by atomic mass is 16.2. The first-order valence-electron chi connectivity index (χ1n) is 14.4. The average Bonchev–Trinajstić information content (AvgIpc) is 3.06. The van der Waals surface area contributed by atoms with Crippen molar-refractivity contribution in [3.63, 3.8) is 0 Å². The summed E-state index contributed by atoms with van der Waals surface area (Å²) >= 11 is 0. The molecule has 3 aromatic carbocycles. The van der Waals surface area contributed by atoms with E-state index in [1.165, 1.54) is 0 Å². The van der Waals surface area contributed by atoms with E-state index < -0.39 is 18.0 Å². The normalized spacial score (nSPS) is 18.6. The third-order valence-corrected chi connectivity index (χ3v) is 8.12. The summed E-state index contributed by atoms with van der Waals surface area (Å²) in [5.74, 6) is -0.659. The van der Waals surface area contributed by atoms with Crippen molar-refractivity contribution in [1.29, 1.82) is 0 Å². The molecule has 41 heavy (non-hydrogen) atoms. The molecular weight excluding hydrogens is 512 g/mol. The first-order chi connectivity index (χ1) is 19.7. The van der Waals surface area contributed by atoms with Crippen LogP contribution in [0.25, 0.3) is 21.7 Å². The number of hydrogen-bond donors (Lipinski definition) is 1. The predicted molar refractivity (Wildman–Crippen MR) is 162 cm³/mol. The number of carbonyl (C=O) groups is 3. The maximum atomic E-state index is 14.2. The van der Waals surface area contributed by atoms with Crippen LogP contribution in [-0.2, 0) is 27.2 Å². The Labute approximate surface area is 241 Å². The molecule has 3 unspecified atom stereocenters. The van der Waals surface area contributed by atoms with Crippen molar-refractivity contribution < 1.29 is 14.4 Å². The van der Waals surface area contributed by atoms with E-state index in [9.17, 15) is 14.4 Å². The van der Waals surface area contributed by atoms with Gasteiger partial charge in [0.1, 0.15) is 12.1 Å². The van der Waals surface area contributed by atoms with Crippen molar-refractivity contribution in [3.8, 4) is 0 Å². The molecule has 0 aliphatic carbocycles. The van der Waals surface area contributed by atoms with Crippen LogP contribution in [0.15, 0.2) is 79.0 Å². The van der Waals surface area contributed by atoms with Gasteiger partial charge in [-0.15, -0.1) is 0 Å². The lowest BCUT2D eigenvalue weighted by atomic mass is 9.97. The van der Waals surface area contributed by atoms with E-state index in [-0.39, 0.29) is 30.2 Å². The molecule has 4 aromatic rings. The van der Waals surface area contributed by atoms with Gasteiger partial charge in [-0.25, -0.2) is 0 Å². The Kier molecular flexibility index (Phi) is 8.34. The summed E-state index contributed by atoms with van der Waals surface area (Å²) in [6.45, 7) is 6.45. The Balaban J connectivity index is 1.42. The maximum absolute atomic E-state index is 14.2. The SMILES string of the molecule is CC(C)CC1C(=O)N(C(Cc2ccc3ccccc3c2)C(N)=O)CCC(C)N1C(=O)Cc1ccc2ncccc2c1. The minimum absolute atomic E-state index is 0.0910. The number of primary amides is 1. The number of nitrogens with two attached hydrogens (primary N) is 1. The molecule has 7 nitrogen and oxygen atoms in total. The van der Waals surface area contributed by atoms with Gasteiger partial charge >= 0.3 is 0 Å². The van der Waals surface area contributed by atoms with Gasteiger partial charge in [-0.05, 0) is 65.8 Å². The molecule has 1 fully saturated rings. The number of aromatic nitrogens is 1. The summed E-state index contributed by atoms with van der Waals surface area (Å²) in [5, 5.41) is 3.16. The van der Waals surface area contributed by atoms with Gasteiger partial charge in [0.15, 0.2) is 0 Å². The number of amides is 3. The second-order valence-electron chi connectivity index (χ2n) is 11.6. The standard InChI is InChI=1S/C34H38N4O3/c1-22(2)17-31-34(41)37(30(33(35)40)20-24-10-12-26-7-4-5-8-27(26)18-24)16-14-23(3)38(31)32(39)21-25-11-13-29-28(19-25)9-6-15-36-29/h4-13,15,18-19,22-23,30-31H,14,16-17,20-21H2,1-3H3,(H2,35,40). The van der Waals surface area contributed by atoms with Crippen LogP contribution < -0.4 is 5.73 Å². The fourth-order valence-corrected chi connectivity index (χ4v) is 6.04. The number of benzene rings is 3. The molecule has 3 amide bonds. The first kappa shape index (κ1) is 28.3. The van der Waals surface area contributed by atoms with Gasteiger partial charge in [-0.1, -0.05) is 68.4 Å². The third-order valence-electron chi connectivity index (χ3n) is 8.12. The Hall–Kier alpha value is -4.26. The highest BCUT2D eigenvalue weighted by Crippen LogP contribution is 2.27. The fourth-order valence-electron chi connectivity index (χ4n) is 6.04. The van der Waals surface area contributed by atoms with Crippen molar-refractivity contribution in [2.75, 3.05) is 6.54 Å². The summed E-state index contributed by atoms with van der Waals surface area (Å²) in [5.41, 5.74) is 8.64. The van der Waals surface area contributed by atoms with Crippen LogP contribution in [0.4, 0.5) is 0 Å². The van der Waals surface area contributed by atoms with Gasteiger partial charge in [-0.3, -0.25) is 19.4 Å². The Bertz CT molecular complexity index is 1580. The van der Waals surface area contributed by atoms with E-state index in [1.807, 2.05) is 87.5 Å². The molecule has 1 aromatic heterocycles. The molecule has 5 rings (SSSR count). The molecule has 212 valence electrons. The fraction of sp³-hybridized carbons (Fsp3) is 0.353. The number of hydrogen-bond acceptors (Lipinski definition) is 4. The van der Waals surface area contributed by atoms with Crippen molar-refractivity contribution in [1.82, 2.24) is 14.8 Å². The van der Waals surface area contributed by atoms with Crippen LogP contribution in [0.5, 0.6) is 0 Å². The van der Waals surface area contributed by atoms with Crippen LogP contribution in [0.2, 0.25) is 0 Å². The molecular formula is C34H38N4O3. The molecule has 0 radical (unpaired) electrons. The van der Waals surface area contributed by atoms with E-state index in [4.69, 9.17) is 5.73 Å². The number of carbonyl (C=O) groups excluding carboxylic acids is 3. The lowest BCUT2D eigenvalue weighted by Gasteiger charge is -2.36. The summed E-state index contributed by atoms with van der Waals surface area (Å²) in [4.78, 5) is 48.7. The number of nitrogens with zero attached hydrogens (tertiary/aromatic N) is 3. The number of rotatable bonds is 8. The Morgan fingerprint density at radius 1 is 0.951 bits per heavy atom. The minimum Gasteiger partial charge on any atom is -0.368 e. The zero-order valence-electron chi connectivity index (χ0n) is 24.0. The molecule has 2 heterocycles. The van der Waals surface area contributed by atoms with Crippen molar-refractivity contribution in [3.05, 3.63) is 90.1 Å². The molecule has 3 atom stereocenters. The molecule has 0 bridgehead atoms. The summed E-state index contributed by atoms with van der Waals surface area (Å²) in [7, 11) is 0. The smallest absolute Gasteiger partial charge is 0.246 e. The van der Waals surface area contributed by atoms with Gasteiger partial charge < -0.3 is 15.5 Å². The zero-order valence-corrected chi connectivity index (χ0v) is 24.0. The Morgan fingerprint density at radius 2 is 1.66 bits per heavy atom. The van der Waals surface area contributed by atoms with Gasteiger partial charge in [0, 0.05) is 30.6 Å². The van der Waals surface area contributed by atoms with Crippen molar-refractivity contribution in [2.45, 2.75) is 64.6 Å². The van der Waals surface area contributed by atoms with Crippen molar-refractivity contribution in [2.24, 2.45) is 11.7 Å². The molecule has 1 aliphatic rings. The molecule has 1 saturated heterocycles. The molecule has 0 spiro atoms. The van der Waals surface area contributed by atoms with Crippen LogP contribution in [-0.4, -0.2) is 57.2 Å². The van der Waals surface area contributed by atoms with E-state index >= 15 is 0 Å². The average molecular weight is 551 g/mol. The monoisotopic (exact) mass is 550 g/mol. The molecule has 2 N–H and O–H groups in total.